The van der Waals surface area contributed by atoms with Crippen molar-refractivity contribution in [2.75, 3.05) is 11.4 Å². The van der Waals surface area contributed by atoms with E-state index in [2.05, 4.69) is 76.2 Å². The van der Waals surface area contributed by atoms with E-state index in [1.165, 1.54) is 29.1 Å². The van der Waals surface area contributed by atoms with Crippen LogP contribution in [0.15, 0.2) is 65.3 Å². The zero-order valence-corrected chi connectivity index (χ0v) is 22.9. The number of fused-ring (bicyclic) bond motifs is 2. The number of hydrogen-bond acceptors (Lipinski definition) is 3. The molecule has 0 radical (unpaired) electrons. The number of nitrogens with zero attached hydrogens (tertiary/aromatic N) is 2. The van der Waals surface area contributed by atoms with Crippen LogP contribution in [0.4, 0.5) is 5.69 Å². The van der Waals surface area contributed by atoms with E-state index < -0.39 is 11.9 Å². The van der Waals surface area contributed by atoms with Crippen molar-refractivity contribution in [2.45, 2.75) is 45.1 Å². The quantitative estimate of drug-likeness (QED) is 0.189. The number of unbranched alkanes of at least 4 members (excludes halogenated alkanes) is 2. The van der Waals surface area contributed by atoms with Gasteiger partial charge in [0.1, 0.15) is 0 Å². The third kappa shape index (κ3) is 6.74. The van der Waals surface area contributed by atoms with Crippen LogP contribution in [-0.2, 0) is 16.1 Å². The SMILES string of the molecule is O=C(O)CCCCN1/C(=C\C=C\c2[se]c3ccccc3[n+]2CCCCC(=O)O)[Se]c2ccccc21. The van der Waals surface area contributed by atoms with Crippen molar-refractivity contribution < 1.29 is 24.4 Å². The first kappa shape index (κ1) is 25.5. The monoisotopic (exact) mass is 605 g/mol. The van der Waals surface area contributed by atoms with E-state index in [-0.39, 0.29) is 42.3 Å². The average molecular weight is 603 g/mol. The molecule has 1 aliphatic heterocycles. The van der Waals surface area contributed by atoms with Crippen molar-refractivity contribution in [1.82, 2.24) is 0 Å². The summed E-state index contributed by atoms with van der Waals surface area (Å²) in [6, 6.07) is 17.0. The molecule has 0 saturated heterocycles. The summed E-state index contributed by atoms with van der Waals surface area (Å²) < 4.78 is 7.67. The van der Waals surface area contributed by atoms with Gasteiger partial charge in [-0.1, -0.05) is 0 Å². The van der Waals surface area contributed by atoms with E-state index in [4.69, 9.17) is 10.2 Å². The molecule has 0 fully saturated rings. The molecule has 0 amide bonds. The Balaban J connectivity index is 1.52. The minimum absolute atomic E-state index is 0.211. The van der Waals surface area contributed by atoms with Crippen molar-refractivity contribution >= 4 is 67.4 Å². The van der Waals surface area contributed by atoms with Crippen LogP contribution in [0, 0.1) is 0 Å². The molecule has 0 bridgehead atoms. The summed E-state index contributed by atoms with van der Waals surface area (Å²) in [5.74, 6) is -1.47. The number of aryl methyl sites for hydroxylation is 1. The number of carboxylic acid groups (broad SMARTS) is 2. The van der Waals surface area contributed by atoms with Crippen LogP contribution in [0.2, 0.25) is 0 Å². The molecule has 2 heterocycles. The molecule has 0 aliphatic carbocycles. The summed E-state index contributed by atoms with van der Waals surface area (Å²) in [5, 5.41) is 17.9. The Morgan fingerprint density at radius 2 is 1.63 bits per heavy atom. The molecule has 4 rings (SSSR count). The Morgan fingerprint density at radius 1 is 0.914 bits per heavy atom. The van der Waals surface area contributed by atoms with Crippen molar-refractivity contribution in [1.29, 1.82) is 0 Å². The predicted octanol–water partition coefficient (Wildman–Crippen LogP) is 3.40. The van der Waals surface area contributed by atoms with Gasteiger partial charge in [0.25, 0.3) is 0 Å². The number of allylic oxidation sites excluding steroid dienone is 2. The van der Waals surface area contributed by atoms with E-state index in [0.29, 0.717) is 12.8 Å². The van der Waals surface area contributed by atoms with Gasteiger partial charge in [-0.2, -0.15) is 0 Å². The van der Waals surface area contributed by atoms with Crippen molar-refractivity contribution in [2.24, 2.45) is 0 Å². The van der Waals surface area contributed by atoms with Crippen LogP contribution < -0.4 is 13.9 Å². The molecule has 0 saturated carbocycles. The van der Waals surface area contributed by atoms with Gasteiger partial charge in [0.15, 0.2) is 0 Å². The number of hydrogen-bond donors (Lipinski definition) is 2. The second kappa shape index (κ2) is 12.4. The van der Waals surface area contributed by atoms with Gasteiger partial charge in [-0.15, -0.1) is 0 Å². The Morgan fingerprint density at radius 3 is 2.43 bits per heavy atom. The van der Waals surface area contributed by atoms with Crippen LogP contribution in [-0.4, -0.2) is 58.2 Å². The summed E-state index contributed by atoms with van der Waals surface area (Å²) in [4.78, 5) is 24.1. The molecule has 0 atom stereocenters. The van der Waals surface area contributed by atoms with Gasteiger partial charge >= 0.3 is 218 Å². The first-order valence-corrected chi connectivity index (χ1v) is 15.2. The second-order valence-electron chi connectivity index (χ2n) is 8.35. The number of para-hydroxylation sites is 2. The fourth-order valence-corrected chi connectivity index (χ4v) is 8.74. The molecule has 1 aliphatic rings. The Bertz CT molecular complexity index is 1270. The van der Waals surface area contributed by atoms with Gasteiger partial charge in [0.2, 0.25) is 0 Å². The normalized spacial score (nSPS) is 14.3. The van der Waals surface area contributed by atoms with E-state index in [1.54, 1.807) is 0 Å². The van der Waals surface area contributed by atoms with Gasteiger partial charge < -0.3 is 0 Å². The molecule has 8 heteroatoms. The number of benzene rings is 2. The van der Waals surface area contributed by atoms with Crippen LogP contribution in [0.1, 0.15) is 43.1 Å². The van der Waals surface area contributed by atoms with Crippen molar-refractivity contribution in [3.8, 4) is 0 Å². The molecule has 182 valence electrons. The minimum atomic E-state index is -0.737. The Kier molecular flexibility index (Phi) is 9.00. The maximum absolute atomic E-state index is 10.9. The zero-order chi connectivity index (χ0) is 24.6. The van der Waals surface area contributed by atoms with E-state index in [0.717, 1.165) is 25.9 Å². The number of aliphatic carboxylic acids is 2. The number of aromatic nitrogens is 1. The molecule has 2 aromatic carbocycles. The van der Waals surface area contributed by atoms with Crippen molar-refractivity contribution in [3.05, 3.63) is 69.8 Å². The molecule has 35 heavy (non-hydrogen) atoms. The van der Waals surface area contributed by atoms with Crippen LogP contribution >= 0.6 is 0 Å². The van der Waals surface area contributed by atoms with Gasteiger partial charge in [0.05, 0.1) is 0 Å². The molecule has 0 unspecified atom stereocenters. The maximum atomic E-state index is 10.9. The number of carbonyl (C=O) groups is 2. The molecule has 3 aromatic rings. The standard InChI is InChI=1S/C27H28N2O4Se2/c30-26(31)16-5-7-18-28-20-10-1-3-12-22(20)34-24(28)14-9-15-25-29(19-8-6-17-27(32)33)21-11-2-4-13-23(21)35-25/h1-4,9-15H,5-8,16-19H2,(H-,30,31,32,33)/p+1. The molecule has 2 N–H and O–H groups in total. The van der Waals surface area contributed by atoms with Gasteiger partial charge in [-0.05, 0) is 0 Å². The molecule has 1 aromatic heterocycles. The van der Waals surface area contributed by atoms with Gasteiger partial charge in [-0.25, -0.2) is 0 Å². The predicted molar refractivity (Wildman–Crippen MR) is 140 cm³/mol. The van der Waals surface area contributed by atoms with Crippen LogP contribution in [0.3, 0.4) is 0 Å². The topological polar surface area (TPSA) is 81.7 Å². The summed E-state index contributed by atoms with van der Waals surface area (Å²) in [6.45, 7) is 1.65. The summed E-state index contributed by atoms with van der Waals surface area (Å²) in [5.41, 5.74) is 2.49. The fourth-order valence-electron chi connectivity index (χ4n) is 4.12. The first-order chi connectivity index (χ1) is 17.0. The molecule has 0 spiro atoms. The molecular weight excluding hydrogens is 574 g/mol. The number of carboxylic acids is 2. The summed E-state index contributed by atoms with van der Waals surface area (Å²) in [6.07, 6.45) is 10.1. The Hall–Kier alpha value is -2.63. The molecular formula is C27H29N2O4Se2+. The van der Waals surface area contributed by atoms with Crippen LogP contribution in [0.5, 0.6) is 0 Å². The second-order valence-corrected chi connectivity index (χ2v) is 12.8. The van der Waals surface area contributed by atoms with Crippen molar-refractivity contribution in [3.63, 3.8) is 0 Å². The van der Waals surface area contributed by atoms with Gasteiger partial charge in [0, 0.05) is 0 Å². The van der Waals surface area contributed by atoms with E-state index in [9.17, 15) is 9.59 Å². The summed E-state index contributed by atoms with van der Waals surface area (Å²) >= 11 is 0.442. The Labute approximate surface area is 217 Å². The average Bonchev–Trinajstić information content (AvgIpc) is 3.37. The number of rotatable bonds is 12. The first-order valence-electron chi connectivity index (χ1n) is 11.8. The molecule has 6 nitrogen and oxygen atoms in total. The van der Waals surface area contributed by atoms with Crippen LogP contribution in [0.25, 0.3) is 15.9 Å². The number of anilines is 1. The fraction of sp³-hybridized carbons (Fsp3) is 0.296. The van der Waals surface area contributed by atoms with E-state index in [1.807, 2.05) is 0 Å². The third-order valence-corrected chi connectivity index (χ3v) is 10.5. The van der Waals surface area contributed by atoms with E-state index >= 15 is 0 Å². The zero-order valence-electron chi connectivity index (χ0n) is 19.4. The summed E-state index contributed by atoms with van der Waals surface area (Å²) in [7, 11) is 0. The third-order valence-electron chi connectivity index (χ3n) is 5.80. The van der Waals surface area contributed by atoms with Gasteiger partial charge in [-0.3, -0.25) is 0 Å².